The molecule has 0 aliphatic heterocycles. The highest BCUT2D eigenvalue weighted by Gasteiger charge is 2.03. The minimum absolute atomic E-state index is 0.631. The SMILES string of the molecule is CCCc1ccc(Nc2ccc(Br)cc2C#N)cc1. The van der Waals surface area contributed by atoms with Crippen LogP contribution in [0.1, 0.15) is 24.5 Å². The summed E-state index contributed by atoms with van der Waals surface area (Å²) in [6.07, 6.45) is 2.25. The first-order valence-corrected chi connectivity index (χ1v) is 7.08. The Morgan fingerprint density at radius 3 is 2.53 bits per heavy atom. The number of anilines is 2. The van der Waals surface area contributed by atoms with Gasteiger partial charge in [-0.05, 0) is 42.3 Å². The number of nitrogens with one attached hydrogen (secondary N) is 1. The molecule has 0 radical (unpaired) electrons. The van der Waals surface area contributed by atoms with Gasteiger partial charge < -0.3 is 5.32 Å². The van der Waals surface area contributed by atoms with Crippen LogP contribution < -0.4 is 5.32 Å². The molecule has 0 aliphatic rings. The minimum Gasteiger partial charge on any atom is -0.354 e. The average Bonchev–Trinajstić information content (AvgIpc) is 2.43. The second kappa shape index (κ2) is 6.40. The quantitative estimate of drug-likeness (QED) is 0.860. The highest BCUT2D eigenvalue weighted by Crippen LogP contribution is 2.24. The van der Waals surface area contributed by atoms with Gasteiger partial charge in [0.25, 0.3) is 0 Å². The monoisotopic (exact) mass is 314 g/mol. The molecule has 2 rings (SSSR count). The zero-order valence-electron chi connectivity index (χ0n) is 10.8. The van der Waals surface area contributed by atoms with E-state index in [-0.39, 0.29) is 0 Å². The molecule has 0 amide bonds. The lowest BCUT2D eigenvalue weighted by atomic mass is 10.1. The molecule has 0 saturated carbocycles. The van der Waals surface area contributed by atoms with Crippen molar-refractivity contribution in [3.63, 3.8) is 0 Å². The summed E-state index contributed by atoms with van der Waals surface area (Å²) in [5.74, 6) is 0. The standard InChI is InChI=1S/C16H15BrN2/c1-2-3-12-4-7-15(8-5-12)19-16-9-6-14(17)10-13(16)11-18/h4-10,19H,2-3H2,1H3. The molecule has 3 heteroatoms. The number of nitriles is 1. The largest absolute Gasteiger partial charge is 0.354 e. The van der Waals surface area contributed by atoms with E-state index < -0.39 is 0 Å². The molecule has 2 aromatic carbocycles. The second-order valence-corrected chi connectivity index (χ2v) is 5.29. The Kier molecular flexibility index (Phi) is 4.59. The van der Waals surface area contributed by atoms with Crippen LogP contribution in [0.5, 0.6) is 0 Å². The normalized spacial score (nSPS) is 9.95. The fraction of sp³-hybridized carbons (Fsp3) is 0.188. The van der Waals surface area contributed by atoms with E-state index in [1.807, 2.05) is 30.3 Å². The summed E-state index contributed by atoms with van der Waals surface area (Å²) in [5.41, 5.74) is 3.80. The Balaban J connectivity index is 2.19. The summed E-state index contributed by atoms with van der Waals surface area (Å²) >= 11 is 3.37. The molecule has 0 aromatic heterocycles. The summed E-state index contributed by atoms with van der Waals surface area (Å²) in [6.45, 7) is 2.17. The van der Waals surface area contributed by atoms with Gasteiger partial charge in [0, 0.05) is 10.2 Å². The van der Waals surface area contributed by atoms with Gasteiger partial charge in [0.15, 0.2) is 0 Å². The predicted molar refractivity (Wildman–Crippen MR) is 82.6 cm³/mol. The zero-order chi connectivity index (χ0) is 13.7. The second-order valence-electron chi connectivity index (χ2n) is 4.37. The average molecular weight is 315 g/mol. The van der Waals surface area contributed by atoms with Gasteiger partial charge in [-0.2, -0.15) is 5.26 Å². The van der Waals surface area contributed by atoms with E-state index in [4.69, 9.17) is 5.26 Å². The number of aryl methyl sites for hydroxylation is 1. The fourth-order valence-electron chi connectivity index (χ4n) is 1.92. The molecule has 0 spiro atoms. The lowest BCUT2D eigenvalue weighted by molar-refractivity contribution is 0.922. The highest BCUT2D eigenvalue weighted by molar-refractivity contribution is 9.10. The molecular formula is C16H15BrN2. The van der Waals surface area contributed by atoms with E-state index in [1.54, 1.807) is 0 Å². The van der Waals surface area contributed by atoms with E-state index in [9.17, 15) is 0 Å². The van der Waals surface area contributed by atoms with Crippen molar-refractivity contribution in [3.8, 4) is 6.07 Å². The van der Waals surface area contributed by atoms with Crippen LogP contribution in [0.15, 0.2) is 46.9 Å². The summed E-state index contributed by atoms with van der Waals surface area (Å²) in [5, 5.41) is 12.4. The Bertz CT molecular complexity index is 597. The van der Waals surface area contributed by atoms with Gasteiger partial charge in [0.2, 0.25) is 0 Å². The Hall–Kier alpha value is -1.79. The summed E-state index contributed by atoms with van der Waals surface area (Å²) < 4.78 is 0.910. The number of hydrogen-bond acceptors (Lipinski definition) is 2. The lowest BCUT2D eigenvalue weighted by Gasteiger charge is -2.09. The van der Waals surface area contributed by atoms with Gasteiger partial charge in [-0.15, -0.1) is 0 Å². The summed E-state index contributed by atoms with van der Waals surface area (Å²) in [4.78, 5) is 0. The maximum Gasteiger partial charge on any atom is 0.101 e. The van der Waals surface area contributed by atoms with Crippen LogP contribution in [0.3, 0.4) is 0 Å². The molecule has 1 N–H and O–H groups in total. The Labute approximate surface area is 122 Å². The number of benzene rings is 2. The molecule has 0 heterocycles. The summed E-state index contributed by atoms with van der Waals surface area (Å²) in [6, 6.07) is 16.2. The van der Waals surface area contributed by atoms with Crippen molar-refractivity contribution in [2.75, 3.05) is 5.32 Å². The van der Waals surface area contributed by atoms with E-state index in [0.29, 0.717) is 5.56 Å². The maximum absolute atomic E-state index is 9.12. The predicted octanol–water partition coefficient (Wildman–Crippen LogP) is 5.02. The van der Waals surface area contributed by atoms with Crippen molar-refractivity contribution in [3.05, 3.63) is 58.1 Å². The molecule has 2 aromatic rings. The molecule has 0 fully saturated rings. The molecule has 0 atom stereocenters. The fourth-order valence-corrected chi connectivity index (χ4v) is 2.28. The zero-order valence-corrected chi connectivity index (χ0v) is 12.4. The number of nitrogens with zero attached hydrogens (tertiary/aromatic N) is 1. The first-order chi connectivity index (χ1) is 9.22. The van der Waals surface area contributed by atoms with E-state index >= 15 is 0 Å². The molecule has 0 unspecified atom stereocenters. The van der Waals surface area contributed by atoms with Crippen molar-refractivity contribution in [1.82, 2.24) is 0 Å². The van der Waals surface area contributed by atoms with Gasteiger partial charge in [-0.1, -0.05) is 41.4 Å². The highest BCUT2D eigenvalue weighted by atomic mass is 79.9. The van der Waals surface area contributed by atoms with Crippen molar-refractivity contribution < 1.29 is 0 Å². The molecular weight excluding hydrogens is 300 g/mol. The molecule has 19 heavy (non-hydrogen) atoms. The van der Waals surface area contributed by atoms with Crippen LogP contribution in [-0.4, -0.2) is 0 Å². The van der Waals surface area contributed by atoms with Crippen molar-refractivity contribution in [2.24, 2.45) is 0 Å². The van der Waals surface area contributed by atoms with Gasteiger partial charge in [0.05, 0.1) is 11.3 Å². The molecule has 2 nitrogen and oxygen atoms in total. The number of halogens is 1. The van der Waals surface area contributed by atoms with Crippen LogP contribution in [0.2, 0.25) is 0 Å². The van der Waals surface area contributed by atoms with Gasteiger partial charge in [-0.25, -0.2) is 0 Å². The van der Waals surface area contributed by atoms with E-state index in [1.165, 1.54) is 5.56 Å². The molecule has 0 saturated heterocycles. The van der Waals surface area contributed by atoms with Crippen molar-refractivity contribution >= 4 is 27.3 Å². The van der Waals surface area contributed by atoms with Gasteiger partial charge in [-0.3, -0.25) is 0 Å². The van der Waals surface area contributed by atoms with E-state index in [2.05, 4.69) is 46.4 Å². The van der Waals surface area contributed by atoms with Crippen molar-refractivity contribution in [2.45, 2.75) is 19.8 Å². The first kappa shape index (κ1) is 13.6. The van der Waals surface area contributed by atoms with Crippen LogP contribution in [0, 0.1) is 11.3 Å². The molecule has 0 bridgehead atoms. The molecule has 0 aliphatic carbocycles. The van der Waals surface area contributed by atoms with Crippen LogP contribution in [0.4, 0.5) is 11.4 Å². The third kappa shape index (κ3) is 3.59. The smallest absolute Gasteiger partial charge is 0.101 e. The minimum atomic E-state index is 0.631. The van der Waals surface area contributed by atoms with Gasteiger partial charge in [0.1, 0.15) is 6.07 Å². The number of rotatable bonds is 4. The first-order valence-electron chi connectivity index (χ1n) is 6.28. The third-order valence-corrected chi connectivity index (χ3v) is 3.37. The van der Waals surface area contributed by atoms with Crippen LogP contribution in [-0.2, 0) is 6.42 Å². The Morgan fingerprint density at radius 2 is 1.89 bits per heavy atom. The topological polar surface area (TPSA) is 35.8 Å². The van der Waals surface area contributed by atoms with Gasteiger partial charge >= 0.3 is 0 Å². The Morgan fingerprint density at radius 1 is 1.16 bits per heavy atom. The lowest BCUT2D eigenvalue weighted by Crippen LogP contribution is -1.94. The third-order valence-electron chi connectivity index (χ3n) is 2.87. The number of hydrogen-bond donors (Lipinski definition) is 1. The van der Waals surface area contributed by atoms with Crippen molar-refractivity contribution in [1.29, 1.82) is 5.26 Å². The van der Waals surface area contributed by atoms with E-state index in [0.717, 1.165) is 28.7 Å². The van der Waals surface area contributed by atoms with Crippen LogP contribution >= 0.6 is 15.9 Å². The maximum atomic E-state index is 9.12. The summed E-state index contributed by atoms with van der Waals surface area (Å²) in [7, 11) is 0. The molecule has 96 valence electrons. The van der Waals surface area contributed by atoms with Crippen LogP contribution in [0.25, 0.3) is 0 Å².